The third-order valence-corrected chi connectivity index (χ3v) is 2.84. The summed E-state index contributed by atoms with van der Waals surface area (Å²) in [7, 11) is 0. The third-order valence-electron chi connectivity index (χ3n) is 2.84. The fraction of sp³-hybridized carbons (Fsp3) is 0.750. The molecule has 0 amide bonds. The maximum Gasteiger partial charge on any atom is 0.0135 e. The molecule has 4 N–H and O–H groups in total. The van der Waals surface area contributed by atoms with Gasteiger partial charge in [0, 0.05) is 26.2 Å². The molecular weight excluding hydrogens is 248 g/mol. The maximum absolute atomic E-state index is 3.42. The normalized spacial score (nSPS) is 11.9. The highest BCUT2D eigenvalue weighted by molar-refractivity contribution is 4.86. The summed E-state index contributed by atoms with van der Waals surface area (Å²) in [6.07, 6.45) is 11.2. The molecule has 0 aliphatic heterocycles. The van der Waals surface area contributed by atoms with E-state index in [-0.39, 0.29) is 0 Å². The van der Waals surface area contributed by atoms with Crippen LogP contribution in [-0.2, 0) is 0 Å². The average Bonchev–Trinajstić information content (AvgIpc) is 2.47. The first kappa shape index (κ1) is 19.3. The van der Waals surface area contributed by atoms with Gasteiger partial charge in [-0.3, -0.25) is 0 Å². The van der Waals surface area contributed by atoms with Gasteiger partial charge in [-0.1, -0.05) is 38.2 Å². The van der Waals surface area contributed by atoms with Crippen molar-refractivity contribution in [2.75, 3.05) is 52.4 Å². The lowest BCUT2D eigenvalue weighted by Crippen LogP contribution is -2.19. The molecule has 0 radical (unpaired) electrons. The molecule has 118 valence electrons. The lowest BCUT2D eigenvalue weighted by molar-refractivity contribution is 0.616. The molecule has 0 aliphatic rings. The molecule has 0 atom stereocenters. The van der Waals surface area contributed by atoms with Gasteiger partial charge in [0.2, 0.25) is 0 Å². The van der Waals surface area contributed by atoms with E-state index in [2.05, 4.69) is 59.4 Å². The Labute approximate surface area is 125 Å². The first-order chi connectivity index (χ1) is 9.91. The zero-order chi connectivity index (χ0) is 14.7. The van der Waals surface area contributed by atoms with Crippen molar-refractivity contribution in [2.45, 2.75) is 26.7 Å². The van der Waals surface area contributed by atoms with Crippen molar-refractivity contribution < 1.29 is 0 Å². The van der Waals surface area contributed by atoms with Gasteiger partial charge in [-0.05, 0) is 39.0 Å². The van der Waals surface area contributed by atoms with Crippen LogP contribution in [0.4, 0.5) is 0 Å². The van der Waals surface area contributed by atoms with Gasteiger partial charge >= 0.3 is 0 Å². The molecule has 0 aromatic rings. The Morgan fingerprint density at radius 2 is 0.900 bits per heavy atom. The predicted molar refractivity (Wildman–Crippen MR) is 90.3 cm³/mol. The smallest absolute Gasteiger partial charge is 0.0135 e. The molecule has 20 heavy (non-hydrogen) atoms. The van der Waals surface area contributed by atoms with E-state index in [1.54, 1.807) is 0 Å². The van der Waals surface area contributed by atoms with E-state index in [0.717, 1.165) is 52.4 Å². The molecular formula is C16H34N4. The molecule has 0 heterocycles. The first-order valence-electron chi connectivity index (χ1n) is 8.04. The summed E-state index contributed by atoms with van der Waals surface area (Å²) in [4.78, 5) is 0. The molecule has 0 aromatic carbocycles. The Kier molecular flexibility index (Phi) is 17.7. The van der Waals surface area contributed by atoms with Crippen molar-refractivity contribution in [3.05, 3.63) is 24.3 Å². The van der Waals surface area contributed by atoms with Crippen LogP contribution in [0, 0.1) is 0 Å². The average molecular weight is 282 g/mol. The second-order valence-corrected chi connectivity index (χ2v) is 4.67. The van der Waals surface area contributed by atoms with Crippen LogP contribution in [0.5, 0.6) is 0 Å². The van der Waals surface area contributed by atoms with Gasteiger partial charge in [0.05, 0.1) is 0 Å². The van der Waals surface area contributed by atoms with E-state index in [0.29, 0.717) is 0 Å². The molecule has 0 saturated carbocycles. The Bertz CT molecular complexity index is 203. The minimum Gasteiger partial charge on any atom is -0.314 e. The van der Waals surface area contributed by atoms with Crippen LogP contribution in [-0.4, -0.2) is 52.4 Å². The molecule has 0 saturated heterocycles. The van der Waals surface area contributed by atoms with Crippen LogP contribution in [0.1, 0.15) is 26.7 Å². The molecule has 0 fully saturated rings. The SMILES string of the molecule is CCNC/C=C\CNCCCCNC/C=C\CNCC. The Morgan fingerprint density at radius 1 is 0.550 bits per heavy atom. The van der Waals surface area contributed by atoms with E-state index in [1.165, 1.54) is 12.8 Å². The van der Waals surface area contributed by atoms with E-state index in [9.17, 15) is 0 Å². The topological polar surface area (TPSA) is 48.1 Å². The van der Waals surface area contributed by atoms with Gasteiger partial charge in [-0.25, -0.2) is 0 Å². The highest BCUT2D eigenvalue weighted by Gasteiger charge is 1.87. The lowest BCUT2D eigenvalue weighted by atomic mass is 10.3. The second kappa shape index (κ2) is 18.3. The monoisotopic (exact) mass is 282 g/mol. The second-order valence-electron chi connectivity index (χ2n) is 4.67. The maximum atomic E-state index is 3.42. The van der Waals surface area contributed by atoms with Crippen molar-refractivity contribution in [1.82, 2.24) is 21.3 Å². The minimum atomic E-state index is 0.976. The van der Waals surface area contributed by atoms with E-state index < -0.39 is 0 Å². The van der Waals surface area contributed by atoms with Gasteiger partial charge in [0.25, 0.3) is 0 Å². The summed E-state index contributed by atoms with van der Waals surface area (Å²) in [5.74, 6) is 0. The molecule has 0 bridgehead atoms. The summed E-state index contributed by atoms with van der Waals surface area (Å²) in [5, 5.41) is 13.4. The van der Waals surface area contributed by atoms with Gasteiger partial charge < -0.3 is 21.3 Å². The number of likely N-dealkylation sites (N-methyl/N-ethyl adjacent to an activating group) is 2. The minimum absolute atomic E-state index is 0.976. The summed E-state index contributed by atoms with van der Waals surface area (Å²) < 4.78 is 0. The van der Waals surface area contributed by atoms with Crippen molar-refractivity contribution in [3.63, 3.8) is 0 Å². The van der Waals surface area contributed by atoms with Gasteiger partial charge in [-0.2, -0.15) is 0 Å². The summed E-state index contributed by atoms with van der Waals surface area (Å²) in [6, 6.07) is 0. The van der Waals surface area contributed by atoms with Gasteiger partial charge in [-0.15, -0.1) is 0 Å². The number of hydrogen-bond donors (Lipinski definition) is 4. The van der Waals surface area contributed by atoms with Crippen LogP contribution < -0.4 is 21.3 Å². The summed E-state index contributed by atoms with van der Waals surface area (Å²) in [6.45, 7) is 12.4. The van der Waals surface area contributed by atoms with Crippen LogP contribution >= 0.6 is 0 Å². The van der Waals surface area contributed by atoms with E-state index in [1.807, 2.05) is 0 Å². The van der Waals surface area contributed by atoms with E-state index >= 15 is 0 Å². The van der Waals surface area contributed by atoms with Gasteiger partial charge in [0.1, 0.15) is 0 Å². The van der Waals surface area contributed by atoms with Crippen molar-refractivity contribution in [1.29, 1.82) is 0 Å². The molecule has 0 spiro atoms. The highest BCUT2D eigenvalue weighted by atomic mass is 14.9. The molecule has 0 aromatic heterocycles. The highest BCUT2D eigenvalue weighted by Crippen LogP contribution is 1.84. The largest absolute Gasteiger partial charge is 0.314 e. The van der Waals surface area contributed by atoms with Crippen LogP contribution in [0.15, 0.2) is 24.3 Å². The third kappa shape index (κ3) is 17.3. The Hall–Kier alpha value is -0.680. The zero-order valence-corrected chi connectivity index (χ0v) is 13.4. The zero-order valence-electron chi connectivity index (χ0n) is 13.4. The summed E-state index contributed by atoms with van der Waals surface area (Å²) >= 11 is 0. The number of rotatable bonds is 15. The van der Waals surface area contributed by atoms with Crippen molar-refractivity contribution in [2.24, 2.45) is 0 Å². The molecule has 4 heteroatoms. The summed E-state index contributed by atoms with van der Waals surface area (Å²) in [5.41, 5.74) is 0. The number of hydrogen-bond acceptors (Lipinski definition) is 4. The number of nitrogens with one attached hydrogen (secondary N) is 4. The van der Waals surface area contributed by atoms with Crippen LogP contribution in [0.3, 0.4) is 0 Å². The fourth-order valence-electron chi connectivity index (χ4n) is 1.66. The lowest BCUT2D eigenvalue weighted by Gasteiger charge is -2.03. The van der Waals surface area contributed by atoms with Crippen molar-refractivity contribution in [3.8, 4) is 0 Å². The first-order valence-corrected chi connectivity index (χ1v) is 8.04. The Morgan fingerprint density at radius 3 is 1.25 bits per heavy atom. The van der Waals surface area contributed by atoms with Crippen LogP contribution in [0.2, 0.25) is 0 Å². The Balaban J connectivity index is 3.06. The number of unbranched alkanes of at least 4 members (excludes halogenated alkanes) is 1. The molecule has 4 nitrogen and oxygen atoms in total. The fourth-order valence-corrected chi connectivity index (χ4v) is 1.66. The van der Waals surface area contributed by atoms with Crippen molar-refractivity contribution >= 4 is 0 Å². The van der Waals surface area contributed by atoms with Gasteiger partial charge in [0.15, 0.2) is 0 Å². The van der Waals surface area contributed by atoms with Crippen LogP contribution in [0.25, 0.3) is 0 Å². The quantitative estimate of drug-likeness (QED) is 0.270. The van der Waals surface area contributed by atoms with E-state index in [4.69, 9.17) is 0 Å². The molecule has 0 rings (SSSR count). The molecule has 0 unspecified atom stereocenters. The molecule has 0 aliphatic carbocycles. The predicted octanol–water partition coefficient (Wildman–Crippen LogP) is 1.28. The standard InChI is InChI=1S/C16H34N4/c1-3-17-11-5-7-13-19-15-9-10-16-20-14-8-6-12-18-4-2/h5-8,17-20H,3-4,9-16H2,1-2H3/b7-5-,8-6-.